The maximum atomic E-state index is 12.5. The van der Waals surface area contributed by atoms with Crippen LogP contribution in [0.5, 0.6) is 23.0 Å². The van der Waals surface area contributed by atoms with Crippen LogP contribution in [0.3, 0.4) is 0 Å². The van der Waals surface area contributed by atoms with Gasteiger partial charge in [0.25, 0.3) is 5.91 Å². The molecule has 2 aliphatic rings. The van der Waals surface area contributed by atoms with E-state index >= 15 is 0 Å². The lowest BCUT2D eigenvalue weighted by atomic mass is 10.1. The molecule has 0 aromatic heterocycles. The van der Waals surface area contributed by atoms with Crippen LogP contribution in [0.4, 0.5) is 0 Å². The number of fused-ring (bicyclic) bond motifs is 2. The van der Waals surface area contributed by atoms with E-state index in [1.807, 2.05) is 44.2 Å². The molecule has 142 valence electrons. The first-order valence-electron chi connectivity index (χ1n) is 9.25. The summed E-state index contributed by atoms with van der Waals surface area (Å²) in [6.45, 7) is 5.07. The van der Waals surface area contributed by atoms with Crippen LogP contribution in [0.15, 0.2) is 36.4 Å². The molecule has 2 aromatic carbocycles. The molecule has 2 unspecified atom stereocenters. The number of rotatable bonds is 5. The summed E-state index contributed by atoms with van der Waals surface area (Å²) in [5.74, 6) is 2.66. The van der Waals surface area contributed by atoms with Crippen molar-refractivity contribution in [2.24, 2.45) is 0 Å². The van der Waals surface area contributed by atoms with Gasteiger partial charge in [-0.05, 0) is 38.1 Å². The second-order valence-corrected chi connectivity index (χ2v) is 6.72. The fraction of sp³-hybridized carbons (Fsp3) is 0.381. The highest BCUT2D eigenvalue weighted by atomic mass is 16.6. The molecule has 0 fully saturated rings. The monoisotopic (exact) mass is 369 g/mol. The number of ether oxygens (including phenoxy) is 4. The molecule has 1 amide bonds. The molecule has 0 spiro atoms. The number of carbonyl (C=O) groups is 1. The maximum absolute atomic E-state index is 12.5. The Kier molecular flexibility index (Phi) is 4.79. The van der Waals surface area contributed by atoms with Gasteiger partial charge in [0.05, 0.1) is 6.61 Å². The van der Waals surface area contributed by atoms with E-state index in [2.05, 4.69) is 5.32 Å². The number of para-hydroxylation sites is 2. The molecule has 27 heavy (non-hydrogen) atoms. The van der Waals surface area contributed by atoms with Crippen molar-refractivity contribution in [1.82, 2.24) is 5.32 Å². The fourth-order valence-corrected chi connectivity index (χ4v) is 3.35. The standard InChI is InChI=1S/C21H23NO5/c1-3-24-18-9-14-8-13(2)26-19(14)10-15(18)11-22-21(23)20-12-25-16-6-4-5-7-17(16)27-20/h4-7,9-10,13,20H,3,8,11-12H2,1-2H3,(H,22,23). The molecule has 0 saturated carbocycles. The van der Waals surface area contributed by atoms with E-state index in [0.717, 1.165) is 29.0 Å². The topological polar surface area (TPSA) is 66.0 Å². The molecule has 0 bridgehead atoms. The van der Waals surface area contributed by atoms with Crippen molar-refractivity contribution in [3.05, 3.63) is 47.5 Å². The minimum atomic E-state index is -0.679. The maximum Gasteiger partial charge on any atom is 0.264 e. The molecule has 2 aliphatic heterocycles. The zero-order valence-corrected chi connectivity index (χ0v) is 15.5. The van der Waals surface area contributed by atoms with Crippen LogP contribution in [0.1, 0.15) is 25.0 Å². The van der Waals surface area contributed by atoms with Crippen molar-refractivity contribution in [3.8, 4) is 23.0 Å². The molecule has 6 nitrogen and oxygen atoms in total. The Morgan fingerprint density at radius 2 is 2.00 bits per heavy atom. The number of amides is 1. The molecule has 0 saturated heterocycles. The molecule has 2 aromatic rings. The van der Waals surface area contributed by atoms with Crippen LogP contribution in [0.25, 0.3) is 0 Å². The van der Waals surface area contributed by atoms with Crippen LogP contribution in [0, 0.1) is 0 Å². The highest BCUT2D eigenvalue weighted by Crippen LogP contribution is 2.35. The lowest BCUT2D eigenvalue weighted by Gasteiger charge is -2.25. The van der Waals surface area contributed by atoms with Gasteiger partial charge in [-0.15, -0.1) is 0 Å². The van der Waals surface area contributed by atoms with Gasteiger partial charge < -0.3 is 24.3 Å². The van der Waals surface area contributed by atoms with E-state index in [-0.39, 0.29) is 18.6 Å². The second kappa shape index (κ2) is 7.39. The highest BCUT2D eigenvalue weighted by Gasteiger charge is 2.28. The summed E-state index contributed by atoms with van der Waals surface area (Å²) in [6.07, 6.45) is 0.350. The van der Waals surface area contributed by atoms with Crippen LogP contribution >= 0.6 is 0 Å². The Morgan fingerprint density at radius 3 is 2.81 bits per heavy atom. The first kappa shape index (κ1) is 17.5. The minimum absolute atomic E-state index is 0.159. The van der Waals surface area contributed by atoms with E-state index in [1.165, 1.54) is 0 Å². The number of benzene rings is 2. The zero-order valence-electron chi connectivity index (χ0n) is 15.5. The van der Waals surface area contributed by atoms with E-state index < -0.39 is 6.10 Å². The molecule has 1 N–H and O–H groups in total. The lowest BCUT2D eigenvalue weighted by Crippen LogP contribution is -2.43. The van der Waals surface area contributed by atoms with Crippen molar-refractivity contribution in [1.29, 1.82) is 0 Å². The Balaban J connectivity index is 1.44. The number of nitrogens with one attached hydrogen (secondary N) is 1. The smallest absolute Gasteiger partial charge is 0.264 e. The van der Waals surface area contributed by atoms with E-state index in [1.54, 1.807) is 6.07 Å². The fourth-order valence-electron chi connectivity index (χ4n) is 3.35. The first-order chi connectivity index (χ1) is 13.1. The molecule has 0 aliphatic carbocycles. The Labute approximate surface area is 158 Å². The van der Waals surface area contributed by atoms with Crippen LogP contribution < -0.4 is 24.3 Å². The summed E-state index contributed by atoms with van der Waals surface area (Å²) >= 11 is 0. The summed E-state index contributed by atoms with van der Waals surface area (Å²) in [5, 5.41) is 2.92. The normalized spacial score (nSPS) is 19.8. The van der Waals surface area contributed by atoms with Crippen LogP contribution in [0.2, 0.25) is 0 Å². The average Bonchev–Trinajstić information content (AvgIpc) is 3.04. The van der Waals surface area contributed by atoms with Crippen molar-refractivity contribution in [2.45, 2.75) is 39.0 Å². The number of carbonyl (C=O) groups excluding carboxylic acids is 1. The molecule has 0 radical (unpaired) electrons. The van der Waals surface area contributed by atoms with Gasteiger partial charge >= 0.3 is 0 Å². The second-order valence-electron chi connectivity index (χ2n) is 6.72. The third-order valence-corrected chi connectivity index (χ3v) is 4.63. The number of hydrogen-bond donors (Lipinski definition) is 1. The minimum Gasteiger partial charge on any atom is -0.494 e. The van der Waals surface area contributed by atoms with Gasteiger partial charge in [-0.3, -0.25) is 4.79 Å². The molecular weight excluding hydrogens is 346 g/mol. The quantitative estimate of drug-likeness (QED) is 0.878. The van der Waals surface area contributed by atoms with E-state index in [0.29, 0.717) is 24.7 Å². The predicted octanol–water partition coefficient (Wildman–Crippen LogP) is 2.86. The summed E-state index contributed by atoms with van der Waals surface area (Å²) in [7, 11) is 0. The van der Waals surface area contributed by atoms with Gasteiger partial charge in [-0.25, -0.2) is 0 Å². The molecule has 6 heteroatoms. The van der Waals surface area contributed by atoms with Gasteiger partial charge in [-0.1, -0.05) is 12.1 Å². The lowest BCUT2D eigenvalue weighted by molar-refractivity contribution is -0.130. The van der Waals surface area contributed by atoms with Crippen molar-refractivity contribution in [2.75, 3.05) is 13.2 Å². The van der Waals surface area contributed by atoms with E-state index in [4.69, 9.17) is 18.9 Å². The molecule has 2 atom stereocenters. The Bertz CT molecular complexity index is 850. The molecule has 2 heterocycles. The van der Waals surface area contributed by atoms with Crippen LogP contribution in [-0.2, 0) is 17.8 Å². The average molecular weight is 369 g/mol. The van der Waals surface area contributed by atoms with Crippen molar-refractivity contribution < 1.29 is 23.7 Å². The molecule has 4 rings (SSSR count). The van der Waals surface area contributed by atoms with Crippen molar-refractivity contribution >= 4 is 5.91 Å². The molecular formula is C21H23NO5. The SMILES string of the molecule is CCOc1cc2c(cc1CNC(=O)C1COc3ccccc3O1)OC(C)C2. The first-order valence-corrected chi connectivity index (χ1v) is 9.25. The van der Waals surface area contributed by atoms with Gasteiger partial charge in [0.2, 0.25) is 6.10 Å². The summed E-state index contributed by atoms with van der Waals surface area (Å²) < 4.78 is 23.0. The van der Waals surface area contributed by atoms with Gasteiger partial charge in [0, 0.05) is 24.1 Å². The zero-order chi connectivity index (χ0) is 18.8. The predicted molar refractivity (Wildman–Crippen MR) is 99.6 cm³/mol. The highest BCUT2D eigenvalue weighted by molar-refractivity contribution is 5.81. The summed E-state index contributed by atoms with van der Waals surface area (Å²) in [6, 6.07) is 11.3. The third kappa shape index (κ3) is 3.65. The van der Waals surface area contributed by atoms with E-state index in [9.17, 15) is 4.79 Å². The van der Waals surface area contributed by atoms with Crippen LogP contribution in [-0.4, -0.2) is 31.3 Å². The van der Waals surface area contributed by atoms with Gasteiger partial charge in [0.15, 0.2) is 11.5 Å². The third-order valence-electron chi connectivity index (χ3n) is 4.63. The van der Waals surface area contributed by atoms with Gasteiger partial charge in [0.1, 0.15) is 24.2 Å². The van der Waals surface area contributed by atoms with Gasteiger partial charge in [-0.2, -0.15) is 0 Å². The summed E-state index contributed by atoms with van der Waals surface area (Å²) in [5.41, 5.74) is 2.02. The Morgan fingerprint density at radius 1 is 1.19 bits per heavy atom. The Hall–Kier alpha value is -2.89. The largest absolute Gasteiger partial charge is 0.494 e. The van der Waals surface area contributed by atoms with Crippen molar-refractivity contribution in [3.63, 3.8) is 0 Å². The summed E-state index contributed by atoms with van der Waals surface area (Å²) in [4.78, 5) is 12.5. The number of hydrogen-bond acceptors (Lipinski definition) is 5.